The van der Waals surface area contributed by atoms with E-state index in [1.54, 1.807) is 4.90 Å². The lowest BCUT2D eigenvalue weighted by Crippen LogP contribution is -2.54. The number of benzene rings is 1. The van der Waals surface area contributed by atoms with Crippen LogP contribution in [0.25, 0.3) is 0 Å². The van der Waals surface area contributed by atoms with Crippen LogP contribution in [0, 0.1) is 0 Å². The highest BCUT2D eigenvalue weighted by atomic mass is 32.2. The summed E-state index contributed by atoms with van der Waals surface area (Å²) in [6.45, 7) is 7.24. The largest absolute Gasteiger partial charge is 0.353 e. The third kappa shape index (κ3) is 4.36. The van der Waals surface area contributed by atoms with Crippen LogP contribution in [0.2, 0.25) is 0 Å². The molecule has 0 spiro atoms. The highest BCUT2D eigenvalue weighted by Gasteiger charge is 2.30. The zero-order valence-corrected chi connectivity index (χ0v) is 15.9. The van der Waals surface area contributed by atoms with Crippen LogP contribution in [0.3, 0.4) is 0 Å². The standard InChI is InChI=1S/C19H27N3O2S/c1-19(2,21-10-6-3-7-11-21)14-20-17(23)12-22-15-8-4-5-9-16(15)25-13-18(22)24/h4-5,8-9H,3,6-7,10-14H2,1-2H3,(H,20,23). The molecule has 136 valence electrons. The highest BCUT2D eigenvalue weighted by Crippen LogP contribution is 2.34. The number of rotatable bonds is 5. The molecule has 0 unspecified atom stereocenters. The Labute approximate surface area is 154 Å². The SMILES string of the molecule is CC(C)(CNC(=O)CN1C(=O)CSc2ccccc21)N1CCCCC1. The molecular formula is C19H27N3O2S. The fourth-order valence-electron chi connectivity index (χ4n) is 3.45. The quantitative estimate of drug-likeness (QED) is 0.876. The Hall–Kier alpha value is -1.53. The summed E-state index contributed by atoms with van der Waals surface area (Å²) in [5.41, 5.74) is 0.782. The summed E-state index contributed by atoms with van der Waals surface area (Å²) < 4.78 is 0. The van der Waals surface area contributed by atoms with Gasteiger partial charge in [0, 0.05) is 17.0 Å². The van der Waals surface area contributed by atoms with Crippen LogP contribution in [-0.4, -0.2) is 54.2 Å². The smallest absolute Gasteiger partial charge is 0.240 e. The number of likely N-dealkylation sites (tertiary alicyclic amines) is 1. The molecule has 2 aliphatic heterocycles. The van der Waals surface area contributed by atoms with Gasteiger partial charge in [-0.25, -0.2) is 0 Å². The predicted molar refractivity (Wildman–Crippen MR) is 102 cm³/mol. The van der Waals surface area contributed by atoms with Crippen LogP contribution in [0.1, 0.15) is 33.1 Å². The van der Waals surface area contributed by atoms with Crippen LogP contribution in [-0.2, 0) is 9.59 Å². The van der Waals surface area contributed by atoms with Gasteiger partial charge in [-0.3, -0.25) is 14.5 Å². The number of anilines is 1. The first-order valence-corrected chi connectivity index (χ1v) is 10.00. The number of fused-ring (bicyclic) bond motifs is 1. The molecule has 1 aromatic rings. The predicted octanol–water partition coefficient (Wildman–Crippen LogP) is 2.51. The van der Waals surface area contributed by atoms with Gasteiger partial charge in [-0.15, -0.1) is 11.8 Å². The Balaban J connectivity index is 1.58. The minimum absolute atomic E-state index is 0.00543. The van der Waals surface area contributed by atoms with Gasteiger partial charge in [0.15, 0.2) is 0 Å². The summed E-state index contributed by atoms with van der Waals surface area (Å²) in [6.07, 6.45) is 3.76. The molecule has 5 nitrogen and oxygen atoms in total. The second-order valence-electron chi connectivity index (χ2n) is 7.37. The minimum atomic E-state index is -0.0971. The summed E-state index contributed by atoms with van der Waals surface area (Å²) >= 11 is 1.53. The van der Waals surface area contributed by atoms with Crippen molar-refractivity contribution < 1.29 is 9.59 Å². The molecule has 2 aliphatic rings. The summed E-state index contributed by atoms with van der Waals surface area (Å²) in [5.74, 6) is 0.290. The number of carbonyl (C=O) groups excluding carboxylic acids is 2. The van der Waals surface area contributed by atoms with E-state index < -0.39 is 0 Å². The Morgan fingerprint density at radius 3 is 2.68 bits per heavy atom. The van der Waals surface area contributed by atoms with E-state index >= 15 is 0 Å². The molecule has 1 saturated heterocycles. The number of carbonyl (C=O) groups is 2. The lowest BCUT2D eigenvalue weighted by atomic mass is 9.98. The summed E-state index contributed by atoms with van der Waals surface area (Å²) in [6, 6.07) is 7.77. The van der Waals surface area contributed by atoms with Crippen LogP contribution in [0.4, 0.5) is 5.69 Å². The maximum absolute atomic E-state index is 12.5. The van der Waals surface area contributed by atoms with Crippen molar-refractivity contribution in [2.75, 3.05) is 36.8 Å². The molecule has 0 atom stereocenters. The van der Waals surface area contributed by atoms with E-state index in [0.29, 0.717) is 12.3 Å². The normalized spacial score (nSPS) is 18.8. The van der Waals surface area contributed by atoms with E-state index in [-0.39, 0.29) is 23.9 Å². The zero-order chi connectivity index (χ0) is 17.9. The fourth-order valence-corrected chi connectivity index (χ4v) is 4.39. The first kappa shape index (κ1) is 18.3. The molecule has 1 N–H and O–H groups in total. The molecular weight excluding hydrogens is 334 g/mol. The van der Waals surface area contributed by atoms with Gasteiger partial charge in [-0.05, 0) is 51.9 Å². The third-order valence-corrected chi connectivity index (χ3v) is 6.09. The van der Waals surface area contributed by atoms with Gasteiger partial charge < -0.3 is 10.2 Å². The molecule has 25 heavy (non-hydrogen) atoms. The fraction of sp³-hybridized carbons (Fsp3) is 0.579. The van der Waals surface area contributed by atoms with Gasteiger partial charge >= 0.3 is 0 Å². The number of piperidine rings is 1. The second-order valence-corrected chi connectivity index (χ2v) is 8.39. The van der Waals surface area contributed by atoms with Crippen molar-refractivity contribution in [1.29, 1.82) is 0 Å². The maximum atomic E-state index is 12.5. The second kappa shape index (κ2) is 7.79. The minimum Gasteiger partial charge on any atom is -0.353 e. The highest BCUT2D eigenvalue weighted by molar-refractivity contribution is 8.00. The van der Waals surface area contributed by atoms with Gasteiger partial charge in [0.25, 0.3) is 0 Å². The van der Waals surface area contributed by atoms with Gasteiger partial charge in [0.1, 0.15) is 6.54 Å². The van der Waals surface area contributed by atoms with Crippen molar-refractivity contribution in [2.24, 2.45) is 0 Å². The van der Waals surface area contributed by atoms with Gasteiger partial charge in [-0.1, -0.05) is 18.6 Å². The Kier molecular flexibility index (Phi) is 5.69. The van der Waals surface area contributed by atoms with E-state index in [9.17, 15) is 9.59 Å². The van der Waals surface area contributed by atoms with E-state index in [0.717, 1.165) is 23.7 Å². The van der Waals surface area contributed by atoms with Crippen molar-refractivity contribution in [3.8, 4) is 0 Å². The molecule has 0 saturated carbocycles. The maximum Gasteiger partial charge on any atom is 0.240 e. The lowest BCUT2D eigenvalue weighted by molar-refractivity contribution is -0.123. The Morgan fingerprint density at radius 2 is 1.92 bits per heavy atom. The number of amides is 2. The van der Waals surface area contributed by atoms with Crippen molar-refractivity contribution in [2.45, 2.75) is 43.5 Å². The van der Waals surface area contributed by atoms with E-state index in [1.165, 1.54) is 31.0 Å². The molecule has 1 fully saturated rings. The molecule has 1 aromatic carbocycles. The van der Waals surface area contributed by atoms with Crippen LogP contribution >= 0.6 is 11.8 Å². The van der Waals surface area contributed by atoms with Gasteiger partial charge in [-0.2, -0.15) is 0 Å². The van der Waals surface area contributed by atoms with Crippen molar-refractivity contribution in [3.05, 3.63) is 24.3 Å². The molecule has 0 aromatic heterocycles. The molecule has 2 amide bonds. The van der Waals surface area contributed by atoms with Gasteiger partial charge in [0.2, 0.25) is 11.8 Å². The number of nitrogens with one attached hydrogen (secondary N) is 1. The topological polar surface area (TPSA) is 52.7 Å². The molecule has 3 rings (SSSR count). The molecule has 6 heteroatoms. The number of hydrogen-bond donors (Lipinski definition) is 1. The van der Waals surface area contributed by atoms with E-state index in [2.05, 4.69) is 24.1 Å². The monoisotopic (exact) mass is 361 g/mol. The number of thioether (sulfide) groups is 1. The summed E-state index contributed by atoms with van der Waals surface area (Å²) in [4.78, 5) is 29.8. The van der Waals surface area contributed by atoms with Gasteiger partial charge in [0.05, 0.1) is 11.4 Å². The average molecular weight is 362 g/mol. The lowest BCUT2D eigenvalue weighted by Gasteiger charge is -2.41. The van der Waals surface area contributed by atoms with Crippen molar-refractivity contribution in [3.63, 3.8) is 0 Å². The van der Waals surface area contributed by atoms with E-state index in [4.69, 9.17) is 0 Å². The van der Waals surface area contributed by atoms with Crippen molar-refractivity contribution >= 4 is 29.3 Å². The first-order chi connectivity index (χ1) is 12.0. The average Bonchev–Trinajstić information content (AvgIpc) is 2.63. The summed E-state index contributed by atoms with van der Waals surface area (Å²) in [5, 5.41) is 3.04. The number of para-hydroxylation sites is 1. The number of nitrogens with zero attached hydrogens (tertiary/aromatic N) is 2. The molecule has 0 radical (unpaired) electrons. The summed E-state index contributed by atoms with van der Waals surface area (Å²) in [7, 11) is 0. The molecule has 0 aliphatic carbocycles. The Bertz CT molecular complexity index is 641. The number of hydrogen-bond acceptors (Lipinski definition) is 4. The molecule has 0 bridgehead atoms. The molecule has 2 heterocycles. The van der Waals surface area contributed by atoms with Crippen molar-refractivity contribution in [1.82, 2.24) is 10.2 Å². The van der Waals surface area contributed by atoms with E-state index in [1.807, 2.05) is 24.3 Å². The Morgan fingerprint density at radius 1 is 1.20 bits per heavy atom. The van der Waals surface area contributed by atoms with Crippen LogP contribution < -0.4 is 10.2 Å². The zero-order valence-electron chi connectivity index (χ0n) is 15.1. The van der Waals surface area contributed by atoms with Crippen LogP contribution in [0.15, 0.2) is 29.2 Å². The third-order valence-electron chi connectivity index (χ3n) is 5.04. The first-order valence-electron chi connectivity index (χ1n) is 9.01. The van der Waals surface area contributed by atoms with Crippen LogP contribution in [0.5, 0.6) is 0 Å².